The Morgan fingerprint density at radius 2 is 1.62 bits per heavy atom. The largest absolute Gasteiger partial charge is 0.504 e. The minimum Gasteiger partial charge on any atom is -0.504 e. The summed E-state index contributed by atoms with van der Waals surface area (Å²) in [6.45, 7) is 0. The summed E-state index contributed by atoms with van der Waals surface area (Å²) in [4.78, 5) is -0.460. The standard InChI is InChI=1S/C6H6O5S.H3N/c7-5-2-1-4(3-6(5)8)12(9,10)11;/h1-3,7-8H,(H,9,10,11);1H3/p+1. The summed E-state index contributed by atoms with van der Waals surface area (Å²) < 4.78 is 29.4. The molecule has 1 aromatic carbocycles. The number of hydrogen-bond donors (Lipinski definition) is 4. The SMILES string of the molecule is O=S(=O)(O)c1ccc(O)c(O)c1.[NH4+]. The van der Waals surface area contributed by atoms with Crippen LogP contribution in [0.5, 0.6) is 11.5 Å². The van der Waals surface area contributed by atoms with Gasteiger partial charge in [-0.25, -0.2) is 0 Å². The molecule has 74 valence electrons. The summed E-state index contributed by atoms with van der Waals surface area (Å²) in [5.74, 6) is -1.03. The van der Waals surface area contributed by atoms with Crippen molar-refractivity contribution in [3.05, 3.63) is 18.2 Å². The molecule has 0 atom stereocenters. The second-order valence-electron chi connectivity index (χ2n) is 2.13. The van der Waals surface area contributed by atoms with Gasteiger partial charge in [-0.05, 0) is 12.1 Å². The molecule has 1 aromatic rings. The van der Waals surface area contributed by atoms with Crippen LogP contribution in [0.2, 0.25) is 0 Å². The minimum absolute atomic E-state index is 0. The van der Waals surface area contributed by atoms with Crippen molar-refractivity contribution in [3.8, 4) is 11.5 Å². The molecule has 0 radical (unpaired) electrons. The van der Waals surface area contributed by atoms with Gasteiger partial charge in [0.2, 0.25) is 0 Å². The molecule has 6 nitrogen and oxygen atoms in total. The summed E-state index contributed by atoms with van der Waals surface area (Å²) in [5, 5.41) is 17.6. The Bertz CT molecular complexity index is 399. The van der Waals surface area contributed by atoms with E-state index in [-0.39, 0.29) is 6.15 Å². The molecule has 0 aromatic heterocycles. The topological polar surface area (TPSA) is 131 Å². The third-order valence-electron chi connectivity index (χ3n) is 1.24. The lowest BCUT2D eigenvalue weighted by Gasteiger charge is -1.99. The van der Waals surface area contributed by atoms with Gasteiger partial charge in [0.05, 0.1) is 4.90 Å². The zero-order valence-electron chi connectivity index (χ0n) is 6.80. The van der Waals surface area contributed by atoms with Crippen LogP contribution in [0.1, 0.15) is 0 Å². The first kappa shape index (κ1) is 11.7. The molecule has 0 aliphatic carbocycles. The molecule has 0 heterocycles. The van der Waals surface area contributed by atoms with E-state index in [1.165, 1.54) is 0 Å². The smallest absolute Gasteiger partial charge is 0.294 e. The van der Waals surface area contributed by atoms with E-state index in [0.29, 0.717) is 0 Å². The number of rotatable bonds is 1. The minimum atomic E-state index is -4.31. The number of benzene rings is 1. The van der Waals surface area contributed by atoms with Gasteiger partial charge in [-0.3, -0.25) is 4.55 Å². The quantitative estimate of drug-likeness (QED) is 0.399. The van der Waals surface area contributed by atoms with Crippen LogP contribution in [-0.2, 0) is 10.1 Å². The average molecular weight is 208 g/mol. The Labute approximate surface area is 74.8 Å². The maximum atomic E-state index is 10.5. The molecular weight excluding hydrogens is 198 g/mol. The zero-order chi connectivity index (χ0) is 9.35. The molecule has 0 bridgehead atoms. The first-order valence-electron chi connectivity index (χ1n) is 2.91. The van der Waals surface area contributed by atoms with Crippen molar-refractivity contribution >= 4 is 10.1 Å². The molecular formula is C6H10NO5S+. The Hall–Kier alpha value is -1.31. The predicted octanol–water partition coefficient (Wildman–Crippen LogP) is 0.721. The number of phenolic OH excluding ortho intramolecular Hbond substituents is 2. The van der Waals surface area contributed by atoms with E-state index in [4.69, 9.17) is 14.8 Å². The molecule has 0 fully saturated rings. The van der Waals surface area contributed by atoms with Gasteiger partial charge < -0.3 is 16.4 Å². The Morgan fingerprint density at radius 1 is 1.08 bits per heavy atom. The highest BCUT2D eigenvalue weighted by Gasteiger charge is 2.11. The van der Waals surface area contributed by atoms with Crippen LogP contribution in [0.4, 0.5) is 0 Å². The summed E-state index contributed by atoms with van der Waals surface area (Å²) in [7, 11) is -4.31. The fourth-order valence-corrected chi connectivity index (χ4v) is 1.16. The summed E-state index contributed by atoms with van der Waals surface area (Å²) >= 11 is 0. The van der Waals surface area contributed by atoms with Gasteiger partial charge in [-0.15, -0.1) is 0 Å². The van der Waals surface area contributed by atoms with E-state index in [2.05, 4.69) is 0 Å². The van der Waals surface area contributed by atoms with Crippen molar-refractivity contribution in [1.29, 1.82) is 0 Å². The van der Waals surface area contributed by atoms with Crippen molar-refractivity contribution in [2.75, 3.05) is 0 Å². The summed E-state index contributed by atoms with van der Waals surface area (Å²) in [5.41, 5.74) is 0. The average Bonchev–Trinajstić information content (AvgIpc) is 1.92. The van der Waals surface area contributed by atoms with Crippen LogP contribution >= 0.6 is 0 Å². The number of hydrogen-bond acceptors (Lipinski definition) is 4. The van der Waals surface area contributed by atoms with Crippen molar-refractivity contribution in [3.63, 3.8) is 0 Å². The lowest BCUT2D eigenvalue weighted by molar-refractivity contribution is 0.401. The van der Waals surface area contributed by atoms with Crippen molar-refractivity contribution in [1.82, 2.24) is 6.15 Å². The first-order chi connectivity index (χ1) is 5.41. The first-order valence-corrected chi connectivity index (χ1v) is 4.35. The molecule has 0 aliphatic rings. The van der Waals surface area contributed by atoms with Crippen LogP contribution in [0.15, 0.2) is 23.1 Å². The number of quaternary nitrogens is 1. The zero-order valence-corrected chi connectivity index (χ0v) is 7.61. The van der Waals surface area contributed by atoms with E-state index in [9.17, 15) is 8.42 Å². The summed E-state index contributed by atoms with van der Waals surface area (Å²) in [6, 6.07) is 2.70. The monoisotopic (exact) mass is 208 g/mol. The highest BCUT2D eigenvalue weighted by atomic mass is 32.2. The molecule has 7 heteroatoms. The van der Waals surface area contributed by atoms with Gasteiger partial charge in [0, 0.05) is 6.07 Å². The summed E-state index contributed by atoms with van der Waals surface area (Å²) in [6.07, 6.45) is 0. The second-order valence-corrected chi connectivity index (χ2v) is 3.55. The van der Waals surface area contributed by atoms with Crippen LogP contribution < -0.4 is 6.15 Å². The fraction of sp³-hybridized carbons (Fsp3) is 0. The highest BCUT2D eigenvalue weighted by molar-refractivity contribution is 7.85. The van der Waals surface area contributed by atoms with Crippen LogP contribution in [0.3, 0.4) is 0 Å². The van der Waals surface area contributed by atoms with Crippen molar-refractivity contribution < 1.29 is 23.2 Å². The molecule has 0 saturated carbocycles. The molecule has 0 saturated heterocycles. The second kappa shape index (κ2) is 3.60. The van der Waals surface area contributed by atoms with Crippen LogP contribution in [0, 0.1) is 0 Å². The van der Waals surface area contributed by atoms with Crippen molar-refractivity contribution in [2.24, 2.45) is 0 Å². The Morgan fingerprint density at radius 3 is 2.00 bits per heavy atom. The van der Waals surface area contributed by atoms with Gasteiger partial charge in [-0.1, -0.05) is 0 Å². The highest BCUT2D eigenvalue weighted by Crippen LogP contribution is 2.26. The van der Waals surface area contributed by atoms with Gasteiger partial charge in [-0.2, -0.15) is 8.42 Å². The van der Waals surface area contributed by atoms with Gasteiger partial charge in [0.15, 0.2) is 11.5 Å². The molecule has 0 spiro atoms. The Kier molecular flexibility index (Phi) is 3.24. The fourth-order valence-electron chi connectivity index (χ4n) is 0.664. The van der Waals surface area contributed by atoms with E-state index < -0.39 is 26.5 Å². The molecule has 7 N–H and O–H groups in total. The number of aromatic hydroxyl groups is 2. The van der Waals surface area contributed by atoms with E-state index in [1.54, 1.807) is 0 Å². The number of phenols is 2. The van der Waals surface area contributed by atoms with Gasteiger partial charge in [0.25, 0.3) is 10.1 Å². The van der Waals surface area contributed by atoms with Crippen molar-refractivity contribution in [2.45, 2.75) is 4.90 Å². The molecule has 13 heavy (non-hydrogen) atoms. The maximum absolute atomic E-state index is 10.5. The lowest BCUT2D eigenvalue weighted by atomic mass is 10.3. The van der Waals surface area contributed by atoms with Crippen LogP contribution in [0.25, 0.3) is 0 Å². The lowest BCUT2D eigenvalue weighted by Crippen LogP contribution is -1.96. The molecule has 1 rings (SSSR count). The maximum Gasteiger partial charge on any atom is 0.294 e. The van der Waals surface area contributed by atoms with E-state index in [0.717, 1.165) is 18.2 Å². The van der Waals surface area contributed by atoms with E-state index >= 15 is 0 Å². The molecule has 0 amide bonds. The third-order valence-corrected chi connectivity index (χ3v) is 2.09. The van der Waals surface area contributed by atoms with Gasteiger partial charge in [0.1, 0.15) is 0 Å². The van der Waals surface area contributed by atoms with Gasteiger partial charge >= 0.3 is 0 Å². The molecule has 0 aliphatic heterocycles. The van der Waals surface area contributed by atoms with Crippen LogP contribution in [-0.4, -0.2) is 23.2 Å². The Balaban J connectivity index is 0.00000144. The normalized spacial score (nSPS) is 10.5. The molecule has 0 unspecified atom stereocenters. The predicted molar refractivity (Wildman–Crippen MR) is 45.6 cm³/mol. The third kappa shape index (κ3) is 2.58. The van der Waals surface area contributed by atoms with E-state index in [1.807, 2.05) is 0 Å².